The van der Waals surface area contributed by atoms with Gasteiger partial charge < -0.3 is 14.4 Å². The second-order valence-electron chi connectivity index (χ2n) is 12.9. The van der Waals surface area contributed by atoms with Crippen LogP contribution in [0, 0.1) is 0 Å². The topological polar surface area (TPSA) is 21.7 Å². The van der Waals surface area contributed by atoms with E-state index in [1.807, 2.05) is 30.3 Å². The number of anilines is 3. The zero-order valence-electron chi connectivity index (χ0n) is 27.7. The lowest BCUT2D eigenvalue weighted by Crippen LogP contribution is -2.12. The van der Waals surface area contributed by atoms with E-state index in [0.29, 0.717) is 0 Å². The molecule has 3 heteroatoms. The van der Waals surface area contributed by atoms with E-state index in [4.69, 9.17) is 9.47 Å². The molecular weight excluding hydrogens is 623 g/mol. The molecule has 0 spiro atoms. The molecular formula is C48H31NO2. The van der Waals surface area contributed by atoms with E-state index in [0.717, 1.165) is 90.1 Å². The van der Waals surface area contributed by atoms with E-state index in [9.17, 15) is 0 Å². The van der Waals surface area contributed by atoms with Crippen molar-refractivity contribution >= 4 is 17.1 Å². The van der Waals surface area contributed by atoms with Gasteiger partial charge in [-0.1, -0.05) is 140 Å². The minimum atomic E-state index is 0.811. The van der Waals surface area contributed by atoms with Gasteiger partial charge >= 0.3 is 0 Å². The first kappa shape index (κ1) is 29.1. The Balaban J connectivity index is 1.22. The number of ether oxygens (including phenoxy) is 2. The van der Waals surface area contributed by atoms with Crippen molar-refractivity contribution in [2.75, 3.05) is 4.90 Å². The van der Waals surface area contributed by atoms with Crippen molar-refractivity contribution < 1.29 is 9.47 Å². The van der Waals surface area contributed by atoms with Crippen molar-refractivity contribution in [2.24, 2.45) is 0 Å². The summed E-state index contributed by atoms with van der Waals surface area (Å²) in [6.07, 6.45) is 0. The Morgan fingerprint density at radius 3 is 1.43 bits per heavy atom. The third-order valence-corrected chi connectivity index (χ3v) is 9.91. The molecule has 0 aliphatic carbocycles. The molecule has 0 amide bonds. The third-order valence-electron chi connectivity index (χ3n) is 9.91. The van der Waals surface area contributed by atoms with Crippen LogP contribution < -0.4 is 14.4 Å². The van der Waals surface area contributed by atoms with Crippen LogP contribution in [0.5, 0.6) is 23.0 Å². The van der Waals surface area contributed by atoms with Crippen molar-refractivity contribution in [3.05, 3.63) is 188 Å². The molecule has 0 radical (unpaired) electrons. The van der Waals surface area contributed by atoms with Crippen LogP contribution in [0.3, 0.4) is 0 Å². The summed E-state index contributed by atoms with van der Waals surface area (Å²) in [4.78, 5) is 2.32. The van der Waals surface area contributed by atoms with E-state index < -0.39 is 0 Å². The summed E-state index contributed by atoms with van der Waals surface area (Å²) in [5, 5.41) is 0. The van der Waals surface area contributed by atoms with Gasteiger partial charge in [0, 0.05) is 33.6 Å². The first-order valence-electron chi connectivity index (χ1n) is 17.3. The van der Waals surface area contributed by atoms with Crippen molar-refractivity contribution in [3.8, 4) is 78.6 Å². The lowest BCUT2D eigenvalue weighted by molar-refractivity contribution is 0.487. The molecule has 51 heavy (non-hydrogen) atoms. The van der Waals surface area contributed by atoms with Gasteiger partial charge in [0.1, 0.15) is 17.2 Å². The normalized spacial score (nSPS) is 11.8. The first-order valence-corrected chi connectivity index (χ1v) is 17.3. The number of hydrogen-bond donors (Lipinski definition) is 0. The standard InChI is InChI=1S/C48H31NO2/c1-2-13-32(14-3-1)33-25-27-34(28-26-33)49(35-29-30-38-40-18-6-9-22-45(40)50-46-23-10-8-19-41(46)43(38)31-35)44-21-12-20-42-37-16-5-4-15-36(37)39-17-7-11-24-47(39)51-48(42)44/h1-31H. The van der Waals surface area contributed by atoms with E-state index in [1.165, 1.54) is 5.56 Å². The molecule has 0 fully saturated rings. The molecule has 8 aromatic rings. The van der Waals surface area contributed by atoms with E-state index >= 15 is 0 Å². The van der Waals surface area contributed by atoms with Crippen molar-refractivity contribution in [2.45, 2.75) is 0 Å². The highest BCUT2D eigenvalue weighted by Crippen LogP contribution is 2.54. The Kier molecular flexibility index (Phi) is 6.81. The predicted octanol–water partition coefficient (Wildman–Crippen LogP) is 13.7. The van der Waals surface area contributed by atoms with E-state index in [-0.39, 0.29) is 0 Å². The number of rotatable bonds is 4. The number of fused-ring (bicyclic) bond motifs is 10. The lowest BCUT2D eigenvalue weighted by atomic mass is 9.93. The van der Waals surface area contributed by atoms with Crippen molar-refractivity contribution in [1.29, 1.82) is 0 Å². The number of para-hydroxylation sites is 4. The van der Waals surface area contributed by atoms with E-state index in [1.54, 1.807) is 0 Å². The van der Waals surface area contributed by atoms with Crippen LogP contribution >= 0.6 is 0 Å². The molecule has 10 rings (SSSR count). The Morgan fingerprint density at radius 1 is 0.294 bits per heavy atom. The zero-order valence-corrected chi connectivity index (χ0v) is 27.7. The maximum atomic E-state index is 7.01. The van der Waals surface area contributed by atoms with Gasteiger partial charge in [0.25, 0.3) is 0 Å². The van der Waals surface area contributed by atoms with E-state index in [2.05, 4.69) is 163 Å². The minimum absolute atomic E-state index is 0.811. The molecule has 0 aromatic heterocycles. The second kappa shape index (κ2) is 11.9. The zero-order chi connectivity index (χ0) is 33.7. The lowest BCUT2D eigenvalue weighted by Gasteiger charge is -2.29. The average molecular weight is 654 g/mol. The monoisotopic (exact) mass is 653 g/mol. The summed E-state index contributed by atoms with van der Waals surface area (Å²) >= 11 is 0. The number of hydrogen-bond acceptors (Lipinski definition) is 3. The maximum absolute atomic E-state index is 7.01. The van der Waals surface area contributed by atoms with Gasteiger partial charge in [-0.15, -0.1) is 0 Å². The molecule has 0 N–H and O–H groups in total. The van der Waals surface area contributed by atoms with Gasteiger partial charge in [-0.25, -0.2) is 0 Å². The van der Waals surface area contributed by atoms with Crippen LogP contribution in [0.1, 0.15) is 0 Å². The fourth-order valence-electron chi connectivity index (χ4n) is 7.53. The molecule has 0 saturated heterocycles. The Labute approximate surface area is 297 Å². The van der Waals surface area contributed by atoms with Crippen LogP contribution in [-0.2, 0) is 0 Å². The number of benzene rings is 8. The van der Waals surface area contributed by atoms with Crippen LogP contribution in [0.15, 0.2) is 188 Å². The fraction of sp³-hybridized carbons (Fsp3) is 0. The SMILES string of the molecule is c1ccc(-c2ccc(N(c3ccc4c(c3)-c3ccccc3Oc3ccccc3-4)c3cccc4c3Oc3ccccc3-c3ccccc3-4)cc2)cc1. The summed E-state index contributed by atoms with van der Waals surface area (Å²) in [6, 6.07) is 66.0. The van der Waals surface area contributed by atoms with Crippen LogP contribution in [0.25, 0.3) is 55.6 Å². The highest BCUT2D eigenvalue weighted by Gasteiger charge is 2.28. The summed E-state index contributed by atoms with van der Waals surface area (Å²) in [6.45, 7) is 0. The fourth-order valence-corrected chi connectivity index (χ4v) is 7.53. The Hall–Kier alpha value is -6.84. The number of nitrogens with zero attached hydrogens (tertiary/aromatic N) is 1. The molecule has 3 nitrogen and oxygen atoms in total. The Morgan fingerprint density at radius 2 is 0.765 bits per heavy atom. The van der Waals surface area contributed by atoms with Gasteiger partial charge in [0.05, 0.1) is 5.69 Å². The summed E-state index contributed by atoms with van der Waals surface area (Å²) < 4.78 is 13.5. The highest BCUT2D eigenvalue weighted by atomic mass is 16.5. The summed E-state index contributed by atoms with van der Waals surface area (Å²) in [7, 11) is 0. The molecule has 0 saturated carbocycles. The summed E-state index contributed by atoms with van der Waals surface area (Å²) in [5.74, 6) is 3.33. The Bertz CT molecular complexity index is 2590. The van der Waals surface area contributed by atoms with Crippen LogP contribution in [0.2, 0.25) is 0 Å². The molecule has 8 aromatic carbocycles. The van der Waals surface area contributed by atoms with Gasteiger partial charge in [-0.3, -0.25) is 0 Å². The van der Waals surface area contributed by atoms with Crippen molar-refractivity contribution in [3.63, 3.8) is 0 Å². The van der Waals surface area contributed by atoms with Gasteiger partial charge in [-0.2, -0.15) is 0 Å². The van der Waals surface area contributed by atoms with Gasteiger partial charge in [-0.05, 0) is 81.9 Å². The second-order valence-corrected chi connectivity index (χ2v) is 12.9. The molecule has 0 bridgehead atoms. The van der Waals surface area contributed by atoms with Crippen molar-refractivity contribution in [1.82, 2.24) is 0 Å². The molecule has 2 heterocycles. The largest absolute Gasteiger partial charge is 0.456 e. The van der Waals surface area contributed by atoms with Gasteiger partial charge in [0.15, 0.2) is 5.75 Å². The highest BCUT2D eigenvalue weighted by molar-refractivity contribution is 5.97. The molecule has 2 aliphatic rings. The summed E-state index contributed by atoms with van der Waals surface area (Å²) in [5.41, 5.74) is 14.1. The van der Waals surface area contributed by atoms with Crippen LogP contribution in [-0.4, -0.2) is 0 Å². The molecule has 0 atom stereocenters. The molecule has 2 aliphatic heterocycles. The smallest absolute Gasteiger partial charge is 0.159 e. The third kappa shape index (κ3) is 4.90. The van der Waals surface area contributed by atoms with Gasteiger partial charge in [0.2, 0.25) is 0 Å². The predicted molar refractivity (Wildman–Crippen MR) is 208 cm³/mol. The minimum Gasteiger partial charge on any atom is -0.456 e. The quantitative estimate of drug-likeness (QED) is 0.189. The molecule has 0 unspecified atom stereocenters. The van der Waals surface area contributed by atoms with Crippen LogP contribution in [0.4, 0.5) is 17.1 Å². The first-order chi connectivity index (χ1) is 25.3. The maximum Gasteiger partial charge on any atom is 0.159 e. The average Bonchev–Trinajstić information content (AvgIpc) is 3.43. The molecule has 240 valence electrons.